The molecule has 2 heterocycles. The Morgan fingerprint density at radius 2 is 2.16 bits per heavy atom. The van der Waals surface area contributed by atoms with Crippen LogP contribution < -0.4 is 10.9 Å². The molecule has 0 saturated carbocycles. The van der Waals surface area contributed by atoms with Gasteiger partial charge in [-0.15, -0.1) is 6.58 Å². The molecule has 0 aliphatic rings. The van der Waals surface area contributed by atoms with Gasteiger partial charge in [-0.3, -0.25) is 19.1 Å². The summed E-state index contributed by atoms with van der Waals surface area (Å²) < 4.78 is 7.10. The van der Waals surface area contributed by atoms with Crippen molar-refractivity contribution in [2.45, 2.75) is 31.6 Å². The van der Waals surface area contributed by atoms with Gasteiger partial charge in [0.2, 0.25) is 5.91 Å². The summed E-state index contributed by atoms with van der Waals surface area (Å²) in [6.45, 7) is 10.3. The fourth-order valence-electron chi connectivity index (χ4n) is 3.52. The third kappa shape index (κ3) is 5.62. The normalized spacial score (nSPS) is 12.2. The Morgan fingerprint density at radius 3 is 2.81 bits per heavy atom. The molecule has 3 rings (SSSR count). The summed E-state index contributed by atoms with van der Waals surface area (Å²) in [5.74, 6) is 0.789. The summed E-state index contributed by atoms with van der Waals surface area (Å²) in [6.07, 6.45) is 3.27. The number of rotatable bonds is 11. The maximum atomic E-state index is 12.9. The van der Waals surface area contributed by atoms with Gasteiger partial charge in [0.15, 0.2) is 5.16 Å². The monoisotopic (exact) mass is 474 g/mol. The standard InChI is InChI=1S/C23H27ClN4O3S/c1-4-11-28-22(30)17-10-9-16(24)13-18(17)26-23(28)32-15-21(29)25-14-19(27(5-2)6-3)20-8-7-12-31-20/h4,7-10,12-13,19H,1,5-6,11,14-15H2,2-3H3,(H,25,29). The van der Waals surface area contributed by atoms with E-state index in [1.54, 1.807) is 30.5 Å². The lowest BCUT2D eigenvalue weighted by atomic mass is 10.2. The lowest BCUT2D eigenvalue weighted by Crippen LogP contribution is -2.38. The number of aromatic nitrogens is 2. The number of likely N-dealkylation sites (N-methyl/N-ethyl adjacent to an activating group) is 1. The molecule has 2 aromatic heterocycles. The molecule has 9 heteroatoms. The predicted octanol–water partition coefficient (Wildman–Crippen LogP) is 4.12. The molecular formula is C23H27ClN4O3S. The molecule has 170 valence electrons. The number of hydrogen-bond acceptors (Lipinski definition) is 6. The minimum Gasteiger partial charge on any atom is -0.468 e. The Morgan fingerprint density at radius 1 is 1.38 bits per heavy atom. The van der Waals surface area contributed by atoms with Gasteiger partial charge in [-0.2, -0.15) is 0 Å². The van der Waals surface area contributed by atoms with Crippen LogP contribution in [0.5, 0.6) is 0 Å². The third-order valence-electron chi connectivity index (χ3n) is 5.14. The largest absolute Gasteiger partial charge is 0.468 e. The van der Waals surface area contributed by atoms with Crippen molar-refractivity contribution < 1.29 is 9.21 Å². The zero-order valence-corrected chi connectivity index (χ0v) is 19.8. The highest BCUT2D eigenvalue weighted by Crippen LogP contribution is 2.22. The molecule has 1 atom stereocenters. The van der Waals surface area contributed by atoms with Crippen LogP contribution in [0.3, 0.4) is 0 Å². The van der Waals surface area contributed by atoms with Crippen LogP contribution in [0.1, 0.15) is 25.6 Å². The molecule has 32 heavy (non-hydrogen) atoms. The topological polar surface area (TPSA) is 80.4 Å². The van der Waals surface area contributed by atoms with Crippen LogP contribution in [0.4, 0.5) is 0 Å². The highest BCUT2D eigenvalue weighted by molar-refractivity contribution is 7.99. The van der Waals surface area contributed by atoms with E-state index in [-0.39, 0.29) is 23.3 Å². The first-order chi connectivity index (χ1) is 15.5. The number of halogens is 1. The molecule has 1 aromatic carbocycles. The highest BCUT2D eigenvalue weighted by Gasteiger charge is 2.21. The molecule has 0 aliphatic heterocycles. The van der Waals surface area contributed by atoms with Gasteiger partial charge in [-0.05, 0) is 43.4 Å². The minimum absolute atomic E-state index is 0.0474. The van der Waals surface area contributed by atoms with E-state index in [1.807, 2.05) is 12.1 Å². The molecule has 1 N–H and O–H groups in total. The average molecular weight is 475 g/mol. The number of amides is 1. The van der Waals surface area contributed by atoms with E-state index in [4.69, 9.17) is 16.0 Å². The van der Waals surface area contributed by atoms with E-state index in [9.17, 15) is 9.59 Å². The lowest BCUT2D eigenvalue weighted by molar-refractivity contribution is -0.118. The number of benzene rings is 1. The summed E-state index contributed by atoms with van der Waals surface area (Å²) in [4.78, 5) is 32.3. The number of fused-ring (bicyclic) bond motifs is 1. The second-order valence-electron chi connectivity index (χ2n) is 7.11. The number of carbonyl (C=O) groups excluding carboxylic acids is 1. The van der Waals surface area contributed by atoms with Crippen LogP contribution in [0.2, 0.25) is 5.02 Å². The number of thioether (sulfide) groups is 1. The first kappa shape index (κ1) is 24.1. The number of nitrogens with zero attached hydrogens (tertiary/aromatic N) is 3. The SMILES string of the molecule is C=CCn1c(SCC(=O)NCC(c2ccco2)N(CC)CC)nc2cc(Cl)ccc2c1=O. The lowest BCUT2D eigenvalue weighted by Gasteiger charge is -2.28. The second-order valence-corrected chi connectivity index (χ2v) is 8.48. The highest BCUT2D eigenvalue weighted by atomic mass is 35.5. The Labute approximate surface area is 196 Å². The smallest absolute Gasteiger partial charge is 0.262 e. The van der Waals surface area contributed by atoms with Gasteiger partial charge in [0.1, 0.15) is 5.76 Å². The summed E-state index contributed by atoms with van der Waals surface area (Å²) in [5, 5.41) is 4.41. The van der Waals surface area contributed by atoms with Crippen LogP contribution in [0.15, 0.2) is 63.6 Å². The summed E-state index contributed by atoms with van der Waals surface area (Å²) in [7, 11) is 0. The van der Waals surface area contributed by atoms with Gasteiger partial charge < -0.3 is 9.73 Å². The van der Waals surface area contributed by atoms with Crippen molar-refractivity contribution in [1.29, 1.82) is 0 Å². The van der Waals surface area contributed by atoms with Crippen molar-refractivity contribution in [2.24, 2.45) is 0 Å². The van der Waals surface area contributed by atoms with Crippen LogP contribution in [0.25, 0.3) is 10.9 Å². The molecule has 0 aliphatic carbocycles. The molecule has 3 aromatic rings. The van der Waals surface area contributed by atoms with Gasteiger partial charge in [-0.1, -0.05) is 43.3 Å². The van der Waals surface area contributed by atoms with Crippen molar-refractivity contribution in [2.75, 3.05) is 25.4 Å². The van der Waals surface area contributed by atoms with E-state index in [2.05, 4.69) is 35.6 Å². The fourth-order valence-corrected chi connectivity index (χ4v) is 4.53. The average Bonchev–Trinajstić information content (AvgIpc) is 3.31. The molecular weight excluding hydrogens is 448 g/mol. The maximum Gasteiger partial charge on any atom is 0.262 e. The van der Waals surface area contributed by atoms with Crippen LogP contribution in [0, 0.1) is 0 Å². The number of nitrogens with one attached hydrogen (secondary N) is 1. The second kappa shape index (κ2) is 11.4. The third-order valence-corrected chi connectivity index (χ3v) is 6.36. The molecule has 1 amide bonds. The van der Waals surface area contributed by atoms with Gasteiger partial charge in [0.25, 0.3) is 5.56 Å². The van der Waals surface area contributed by atoms with Crippen LogP contribution in [-0.4, -0.2) is 45.7 Å². The van der Waals surface area contributed by atoms with E-state index < -0.39 is 0 Å². The summed E-state index contributed by atoms with van der Waals surface area (Å²) in [6, 6.07) is 8.70. The molecule has 0 radical (unpaired) electrons. The first-order valence-corrected chi connectivity index (χ1v) is 11.8. The van der Waals surface area contributed by atoms with Crippen molar-refractivity contribution in [3.05, 3.63) is 70.4 Å². The van der Waals surface area contributed by atoms with Gasteiger partial charge >= 0.3 is 0 Å². The van der Waals surface area contributed by atoms with Crippen LogP contribution in [-0.2, 0) is 11.3 Å². The molecule has 7 nitrogen and oxygen atoms in total. The number of allylic oxidation sites excluding steroid dienone is 1. The van der Waals surface area contributed by atoms with E-state index in [0.29, 0.717) is 34.2 Å². The Balaban J connectivity index is 1.73. The minimum atomic E-state index is -0.186. The quantitative estimate of drug-likeness (QED) is 0.256. The maximum absolute atomic E-state index is 12.9. The van der Waals surface area contributed by atoms with Crippen molar-refractivity contribution in [3.8, 4) is 0 Å². The van der Waals surface area contributed by atoms with Gasteiger partial charge in [0, 0.05) is 18.1 Å². The van der Waals surface area contributed by atoms with Crippen molar-refractivity contribution >= 4 is 40.2 Å². The Hall–Kier alpha value is -2.55. The Kier molecular flexibility index (Phi) is 8.55. The zero-order chi connectivity index (χ0) is 23.1. The Bertz CT molecular complexity index is 1130. The summed E-state index contributed by atoms with van der Waals surface area (Å²) >= 11 is 7.28. The van der Waals surface area contributed by atoms with Gasteiger partial charge in [-0.25, -0.2) is 4.98 Å². The molecule has 0 fully saturated rings. The zero-order valence-electron chi connectivity index (χ0n) is 18.2. The molecule has 0 saturated heterocycles. The van der Waals surface area contributed by atoms with E-state index in [0.717, 1.165) is 18.8 Å². The molecule has 1 unspecified atom stereocenters. The van der Waals surface area contributed by atoms with E-state index >= 15 is 0 Å². The molecule has 0 spiro atoms. The number of hydrogen-bond donors (Lipinski definition) is 1. The van der Waals surface area contributed by atoms with Crippen molar-refractivity contribution in [3.63, 3.8) is 0 Å². The van der Waals surface area contributed by atoms with E-state index in [1.165, 1.54) is 16.3 Å². The molecule has 0 bridgehead atoms. The predicted molar refractivity (Wildman–Crippen MR) is 129 cm³/mol. The summed E-state index contributed by atoms with van der Waals surface area (Å²) in [5.41, 5.74) is 0.319. The first-order valence-electron chi connectivity index (χ1n) is 10.5. The van der Waals surface area contributed by atoms with Crippen molar-refractivity contribution in [1.82, 2.24) is 19.8 Å². The van der Waals surface area contributed by atoms with Crippen LogP contribution >= 0.6 is 23.4 Å². The fraction of sp³-hybridized carbons (Fsp3) is 0.348. The number of carbonyl (C=O) groups is 1. The number of furan rings is 1. The van der Waals surface area contributed by atoms with Gasteiger partial charge in [0.05, 0.1) is 29.0 Å².